The van der Waals surface area contributed by atoms with E-state index in [0.717, 1.165) is 19.3 Å². The van der Waals surface area contributed by atoms with Crippen molar-refractivity contribution in [2.24, 2.45) is 11.8 Å². The summed E-state index contributed by atoms with van der Waals surface area (Å²) in [6, 6.07) is 0. The highest BCUT2D eigenvalue weighted by atomic mass is 16.4. The van der Waals surface area contributed by atoms with Gasteiger partial charge in [-0.1, -0.05) is 33.6 Å². The van der Waals surface area contributed by atoms with Crippen LogP contribution in [0.15, 0.2) is 0 Å². The zero-order valence-corrected chi connectivity index (χ0v) is 8.34. The monoisotopic (exact) mass is 172 g/mol. The first-order valence-electron chi connectivity index (χ1n) is 4.79. The van der Waals surface area contributed by atoms with E-state index in [2.05, 4.69) is 20.8 Å². The molecule has 0 aliphatic heterocycles. The molecule has 0 spiro atoms. The predicted molar refractivity (Wildman–Crippen MR) is 50.1 cm³/mol. The van der Waals surface area contributed by atoms with Gasteiger partial charge in [0.15, 0.2) is 0 Å². The Balaban J connectivity index is 3.78. The van der Waals surface area contributed by atoms with Crippen LogP contribution < -0.4 is 0 Å². The first kappa shape index (κ1) is 11.5. The fraction of sp³-hybridized carbons (Fsp3) is 0.900. The Morgan fingerprint density at radius 2 is 2.00 bits per heavy atom. The number of aliphatic carboxylic acids is 1. The Kier molecular flexibility index (Phi) is 5.77. The molecule has 0 rings (SSSR count). The number of carbonyl (C=O) groups is 1. The Labute approximate surface area is 75.0 Å². The van der Waals surface area contributed by atoms with E-state index in [1.54, 1.807) is 0 Å². The lowest BCUT2D eigenvalue weighted by Gasteiger charge is -2.17. The minimum absolute atomic E-state index is 0.331. The summed E-state index contributed by atoms with van der Waals surface area (Å²) in [5, 5.41) is 8.63. The third-order valence-electron chi connectivity index (χ3n) is 2.31. The SMILES string of the molecule is CCCC[C@@H](CC(=O)O)C(C)C. The Hall–Kier alpha value is -0.530. The second kappa shape index (κ2) is 6.04. The van der Waals surface area contributed by atoms with Crippen LogP contribution in [0.25, 0.3) is 0 Å². The van der Waals surface area contributed by atoms with Gasteiger partial charge in [-0.25, -0.2) is 0 Å². The van der Waals surface area contributed by atoms with Crippen LogP contribution >= 0.6 is 0 Å². The highest BCUT2D eigenvalue weighted by Crippen LogP contribution is 2.21. The zero-order valence-electron chi connectivity index (χ0n) is 8.34. The van der Waals surface area contributed by atoms with E-state index in [4.69, 9.17) is 5.11 Å². The molecule has 0 amide bonds. The van der Waals surface area contributed by atoms with E-state index in [0.29, 0.717) is 18.3 Å². The molecule has 2 nitrogen and oxygen atoms in total. The molecule has 0 bridgehead atoms. The molecule has 0 radical (unpaired) electrons. The van der Waals surface area contributed by atoms with Crippen molar-refractivity contribution >= 4 is 5.97 Å². The number of carboxylic acids is 1. The van der Waals surface area contributed by atoms with E-state index < -0.39 is 5.97 Å². The smallest absolute Gasteiger partial charge is 0.303 e. The van der Waals surface area contributed by atoms with Gasteiger partial charge in [-0.05, 0) is 18.3 Å². The third-order valence-corrected chi connectivity index (χ3v) is 2.31. The molecule has 1 atom stereocenters. The quantitative estimate of drug-likeness (QED) is 0.668. The summed E-state index contributed by atoms with van der Waals surface area (Å²) in [6.07, 6.45) is 3.69. The van der Waals surface area contributed by atoms with Crippen molar-refractivity contribution in [3.05, 3.63) is 0 Å². The highest BCUT2D eigenvalue weighted by molar-refractivity contribution is 5.67. The number of unbranched alkanes of at least 4 members (excludes halogenated alkanes) is 1. The summed E-state index contributed by atoms with van der Waals surface area (Å²) < 4.78 is 0. The molecule has 0 aliphatic carbocycles. The van der Waals surface area contributed by atoms with Crippen molar-refractivity contribution in [1.29, 1.82) is 0 Å². The second-order valence-corrected chi connectivity index (χ2v) is 3.74. The fourth-order valence-electron chi connectivity index (χ4n) is 1.36. The van der Waals surface area contributed by atoms with E-state index in [1.165, 1.54) is 0 Å². The maximum Gasteiger partial charge on any atom is 0.303 e. The molecule has 0 aliphatic rings. The van der Waals surface area contributed by atoms with Gasteiger partial charge in [-0.3, -0.25) is 4.79 Å². The van der Waals surface area contributed by atoms with Crippen LogP contribution in [-0.2, 0) is 4.79 Å². The molecule has 1 N–H and O–H groups in total. The number of rotatable bonds is 6. The molecular weight excluding hydrogens is 152 g/mol. The highest BCUT2D eigenvalue weighted by Gasteiger charge is 2.15. The molecule has 0 heterocycles. The molecule has 2 heteroatoms. The van der Waals surface area contributed by atoms with Crippen molar-refractivity contribution in [2.45, 2.75) is 46.5 Å². The normalized spacial score (nSPS) is 13.3. The van der Waals surface area contributed by atoms with Gasteiger partial charge in [-0.15, -0.1) is 0 Å². The standard InChI is InChI=1S/C10H20O2/c1-4-5-6-9(8(2)3)7-10(11)12/h8-9H,4-7H2,1-3H3,(H,11,12)/t9-/m0/s1. The minimum atomic E-state index is -0.662. The van der Waals surface area contributed by atoms with E-state index in [9.17, 15) is 4.79 Å². The fourth-order valence-corrected chi connectivity index (χ4v) is 1.36. The summed E-state index contributed by atoms with van der Waals surface area (Å²) in [5.74, 6) is 0.194. The summed E-state index contributed by atoms with van der Waals surface area (Å²) in [6.45, 7) is 6.34. The van der Waals surface area contributed by atoms with Gasteiger partial charge in [-0.2, -0.15) is 0 Å². The van der Waals surface area contributed by atoms with E-state index >= 15 is 0 Å². The molecule has 0 saturated heterocycles. The average molecular weight is 172 g/mol. The number of hydrogen-bond acceptors (Lipinski definition) is 1. The molecule has 12 heavy (non-hydrogen) atoms. The van der Waals surface area contributed by atoms with Crippen LogP contribution in [-0.4, -0.2) is 11.1 Å². The van der Waals surface area contributed by atoms with Gasteiger partial charge in [0, 0.05) is 6.42 Å². The lowest BCUT2D eigenvalue weighted by atomic mass is 9.88. The van der Waals surface area contributed by atoms with Crippen LogP contribution in [0.1, 0.15) is 46.5 Å². The van der Waals surface area contributed by atoms with Gasteiger partial charge in [0.25, 0.3) is 0 Å². The van der Waals surface area contributed by atoms with Crippen LogP contribution in [0.5, 0.6) is 0 Å². The Morgan fingerprint density at radius 3 is 2.33 bits per heavy atom. The largest absolute Gasteiger partial charge is 0.481 e. The van der Waals surface area contributed by atoms with Crippen LogP contribution in [0, 0.1) is 11.8 Å². The summed E-state index contributed by atoms with van der Waals surface area (Å²) in [4.78, 5) is 10.5. The second-order valence-electron chi connectivity index (χ2n) is 3.74. The molecule has 0 saturated carbocycles. The van der Waals surface area contributed by atoms with Gasteiger partial charge in [0.2, 0.25) is 0 Å². The summed E-state index contributed by atoms with van der Waals surface area (Å²) >= 11 is 0. The Bertz CT molecular complexity index is 130. The van der Waals surface area contributed by atoms with Crippen molar-refractivity contribution < 1.29 is 9.90 Å². The van der Waals surface area contributed by atoms with Gasteiger partial charge in [0.05, 0.1) is 0 Å². The Morgan fingerprint density at radius 1 is 1.42 bits per heavy atom. The lowest BCUT2D eigenvalue weighted by molar-refractivity contribution is -0.138. The van der Waals surface area contributed by atoms with Gasteiger partial charge >= 0.3 is 5.97 Å². The van der Waals surface area contributed by atoms with Crippen molar-refractivity contribution in [3.8, 4) is 0 Å². The molecule has 0 fully saturated rings. The van der Waals surface area contributed by atoms with Gasteiger partial charge in [0.1, 0.15) is 0 Å². The lowest BCUT2D eigenvalue weighted by Crippen LogP contribution is -2.13. The van der Waals surface area contributed by atoms with Crippen LogP contribution in [0.4, 0.5) is 0 Å². The molecule has 0 aromatic heterocycles. The molecule has 72 valence electrons. The zero-order chi connectivity index (χ0) is 9.56. The number of hydrogen-bond donors (Lipinski definition) is 1. The molecule has 0 unspecified atom stereocenters. The minimum Gasteiger partial charge on any atom is -0.481 e. The van der Waals surface area contributed by atoms with Crippen LogP contribution in [0.2, 0.25) is 0 Å². The van der Waals surface area contributed by atoms with E-state index in [1.807, 2.05) is 0 Å². The average Bonchev–Trinajstić information content (AvgIpc) is 1.96. The number of carboxylic acid groups (broad SMARTS) is 1. The van der Waals surface area contributed by atoms with Gasteiger partial charge < -0.3 is 5.11 Å². The van der Waals surface area contributed by atoms with Crippen molar-refractivity contribution in [3.63, 3.8) is 0 Å². The summed E-state index contributed by atoms with van der Waals surface area (Å²) in [5.41, 5.74) is 0. The summed E-state index contributed by atoms with van der Waals surface area (Å²) in [7, 11) is 0. The van der Waals surface area contributed by atoms with E-state index in [-0.39, 0.29) is 0 Å². The topological polar surface area (TPSA) is 37.3 Å². The maximum absolute atomic E-state index is 10.5. The van der Waals surface area contributed by atoms with Crippen molar-refractivity contribution in [2.75, 3.05) is 0 Å². The molecule has 0 aromatic carbocycles. The first-order chi connectivity index (χ1) is 5.57. The predicted octanol–water partition coefficient (Wildman–Crippen LogP) is 2.92. The molecule has 0 aromatic rings. The third kappa shape index (κ3) is 5.16. The van der Waals surface area contributed by atoms with Crippen LogP contribution in [0.3, 0.4) is 0 Å². The maximum atomic E-state index is 10.5. The molecular formula is C10H20O2. The first-order valence-corrected chi connectivity index (χ1v) is 4.79. The van der Waals surface area contributed by atoms with Crippen molar-refractivity contribution in [1.82, 2.24) is 0 Å².